The van der Waals surface area contributed by atoms with Crippen molar-refractivity contribution in [2.45, 2.75) is 10.4 Å². The predicted octanol–water partition coefficient (Wildman–Crippen LogP) is 1.66. The fraction of sp³-hybridized carbons (Fsp3) is 0.250. The van der Waals surface area contributed by atoms with Crippen molar-refractivity contribution in [3.63, 3.8) is 0 Å². The molecule has 1 aromatic carbocycles. The Balaban J connectivity index is 2.96. The van der Waals surface area contributed by atoms with E-state index in [1.807, 2.05) is 0 Å². The Bertz CT molecular complexity index is 386. The van der Waals surface area contributed by atoms with Crippen LogP contribution < -0.4 is 9.39 Å². The molecule has 94 valence electrons. The minimum Gasteiger partial charge on any atom is -0.509 e. The Kier molecular flexibility index (Phi) is 4.55. The van der Waals surface area contributed by atoms with Crippen LogP contribution in [0.2, 0.25) is 0 Å². The van der Waals surface area contributed by atoms with E-state index in [-0.39, 0.29) is 28.2 Å². The normalized spacial score (nSPS) is 11.2. The summed E-state index contributed by atoms with van der Waals surface area (Å²) in [6.45, 7) is 0. The number of methoxy groups -OCH3 is 1. The first-order valence-electron chi connectivity index (χ1n) is 4.28. The van der Waals surface area contributed by atoms with Crippen molar-refractivity contribution in [1.29, 1.82) is 0 Å². The molecule has 0 aromatic heterocycles. The van der Waals surface area contributed by atoms with Gasteiger partial charge in [-0.15, -0.1) is 0 Å². The van der Waals surface area contributed by atoms with Crippen LogP contribution in [0.25, 0.3) is 0 Å². The number of rotatable bonds is 4. The predicted molar refractivity (Wildman–Crippen MR) is 55.7 cm³/mol. The second-order valence-corrected chi connectivity index (χ2v) is 3.94. The van der Waals surface area contributed by atoms with E-state index >= 15 is 0 Å². The molecule has 0 bridgehead atoms. The smallest absolute Gasteiger partial charge is 0.509 e. The van der Waals surface area contributed by atoms with Crippen LogP contribution >= 0.6 is 11.8 Å². The summed E-state index contributed by atoms with van der Waals surface area (Å²) in [7, 11) is -0.849. The zero-order valence-corrected chi connectivity index (χ0v) is 9.38. The molecule has 0 spiro atoms. The van der Waals surface area contributed by atoms with E-state index in [1.54, 1.807) is 0 Å². The summed E-state index contributed by atoms with van der Waals surface area (Å²) < 4.78 is 45.6. The second kappa shape index (κ2) is 5.52. The monoisotopic (exact) mass is 268 g/mol. The number of ether oxygens (including phenoxy) is 1. The van der Waals surface area contributed by atoms with Crippen LogP contribution in [0.15, 0.2) is 23.1 Å². The van der Waals surface area contributed by atoms with Gasteiger partial charge in [-0.3, -0.25) is 0 Å². The minimum absolute atomic E-state index is 0.102. The minimum atomic E-state index is -4.43. The summed E-state index contributed by atoms with van der Waals surface area (Å²) in [6, 6.07) is 3.44. The van der Waals surface area contributed by atoms with E-state index in [2.05, 4.69) is 4.65 Å². The molecule has 0 aliphatic rings. The van der Waals surface area contributed by atoms with Crippen LogP contribution in [0.4, 0.5) is 13.2 Å². The summed E-state index contributed by atoms with van der Waals surface area (Å²) in [5.74, 6) is -0.0821. The van der Waals surface area contributed by atoms with Gasteiger partial charge in [-0.05, 0) is 30.0 Å². The number of benzene rings is 1. The van der Waals surface area contributed by atoms with Gasteiger partial charge in [0.2, 0.25) is 0 Å². The maximum Gasteiger partial charge on any atom is 0.707 e. The molecular weight excluding hydrogens is 260 g/mol. The SMILES string of the molecule is COc1ccc(SC(F)(F)F)cc1OB(O)O. The van der Waals surface area contributed by atoms with Gasteiger partial charge in [0.15, 0.2) is 5.75 Å². The second-order valence-electron chi connectivity index (χ2n) is 2.80. The molecule has 0 atom stereocenters. The zero-order chi connectivity index (χ0) is 13.1. The van der Waals surface area contributed by atoms with Gasteiger partial charge in [0.25, 0.3) is 0 Å². The molecule has 0 unspecified atom stereocenters. The Hall–Kier alpha value is -1.06. The molecule has 1 aromatic rings. The lowest BCUT2D eigenvalue weighted by molar-refractivity contribution is -0.0328. The number of thioether (sulfide) groups is 1. The van der Waals surface area contributed by atoms with Gasteiger partial charge in [-0.2, -0.15) is 13.2 Å². The molecule has 0 amide bonds. The average molecular weight is 268 g/mol. The number of hydrogen-bond acceptors (Lipinski definition) is 5. The third kappa shape index (κ3) is 4.76. The summed E-state index contributed by atoms with van der Waals surface area (Å²) >= 11 is -0.338. The van der Waals surface area contributed by atoms with Crippen molar-refractivity contribution >= 4 is 19.1 Å². The topological polar surface area (TPSA) is 58.9 Å². The summed E-state index contributed by atoms with van der Waals surface area (Å²) in [4.78, 5) is -0.144. The highest BCUT2D eigenvalue weighted by Crippen LogP contribution is 2.40. The van der Waals surface area contributed by atoms with Crippen molar-refractivity contribution < 1.29 is 32.6 Å². The van der Waals surface area contributed by atoms with E-state index in [9.17, 15) is 13.2 Å². The average Bonchev–Trinajstić information content (AvgIpc) is 2.14. The highest BCUT2D eigenvalue weighted by atomic mass is 32.2. The van der Waals surface area contributed by atoms with Gasteiger partial charge in [-0.25, -0.2) is 0 Å². The molecule has 0 saturated heterocycles. The van der Waals surface area contributed by atoms with Crippen LogP contribution in [-0.2, 0) is 0 Å². The first kappa shape index (κ1) is 14.0. The molecule has 2 N–H and O–H groups in total. The Morgan fingerprint density at radius 3 is 2.35 bits per heavy atom. The standard InChI is InChI=1S/C8H8BF3O4S/c1-15-6-3-2-5(17-8(10,11)12)4-7(6)16-9(13)14/h2-4,13-14H,1H3. The highest BCUT2D eigenvalue weighted by Gasteiger charge is 2.29. The summed E-state index contributed by atoms with van der Waals surface area (Å²) in [5.41, 5.74) is -4.43. The maximum atomic E-state index is 12.1. The first-order chi connectivity index (χ1) is 7.81. The van der Waals surface area contributed by atoms with E-state index in [1.165, 1.54) is 19.2 Å². The quantitative estimate of drug-likeness (QED) is 0.642. The largest absolute Gasteiger partial charge is 0.707 e. The molecule has 17 heavy (non-hydrogen) atoms. The van der Waals surface area contributed by atoms with Gasteiger partial charge in [-0.1, -0.05) is 0 Å². The fourth-order valence-electron chi connectivity index (χ4n) is 1.06. The Labute approximate surface area is 99.5 Å². The first-order valence-corrected chi connectivity index (χ1v) is 5.10. The van der Waals surface area contributed by atoms with E-state index < -0.39 is 12.8 Å². The van der Waals surface area contributed by atoms with Crippen LogP contribution in [-0.4, -0.2) is 30.0 Å². The lowest BCUT2D eigenvalue weighted by atomic mass is 10.2. The molecule has 0 fully saturated rings. The number of alkyl halides is 3. The van der Waals surface area contributed by atoms with Crippen molar-refractivity contribution in [1.82, 2.24) is 0 Å². The molecule has 0 aliphatic heterocycles. The number of halogens is 3. The maximum absolute atomic E-state index is 12.1. The number of hydrogen-bond donors (Lipinski definition) is 2. The van der Waals surface area contributed by atoms with Crippen LogP contribution in [0, 0.1) is 0 Å². The molecule has 0 aliphatic carbocycles. The van der Waals surface area contributed by atoms with E-state index in [0.717, 1.165) is 6.07 Å². The molecular formula is C8H8BF3O4S. The highest BCUT2D eigenvalue weighted by molar-refractivity contribution is 8.00. The van der Waals surface area contributed by atoms with Gasteiger partial charge in [0.05, 0.1) is 7.11 Å². The van der Waals surface area contributed by atoms with E-state index in [0.29, 0.717) is 0 Å². The van der Waals surface area contributed by atoms with E-state index in [4.69, 9.17) is 14.8 Å². The molecule has 1 rings (SSSR count). The van der Waals surface area contributed by atoms with Crippen molar-refractivity contribution in [3.05, 3.63) is 18.2 Å². The van der Waals surface area contributed by atoms with Crippen molar-refractivity contribution in [2.24, 2.45) is 0 Å². The molecule has 0 heterocycles. The van der Waals surface area contributed by atoms with Gasteiger partial charge >= 0.3 is 12.8 Å². The van der Waals surface area contributed by atoms with Crippen molar-refractivity contribution in [3.8, 4) is 11.5 Å². The Morgan fingerprint density at radius 1 is 1.24 bits per heavy atom. The molecule has 4 nitrogen and oxygen atoms in total. The summed E-state index contributed by atoms with van der Waals surface area (Å²) in [5, 5.41) is 17.2. The van der Waals surface area contributed by atoms with Gasteiger partial charge in [0.1, 0.15) is 5.75 Å². The zero-order valence-electron chi connectivity index (χ0n) is 8.56. The van der Waals surface area contributed by atoms with Crippen molar-refractivity contribution in [2.75, 3.05) is 7.11 Å². The lowest BCUT2D eigenvalue weighted by Crippen LogP contribution is -2.20. The van der Waals surface area contributed by atoms with Gasteiger partial charge in [0, 0.05) is 4.90 Å². The Morgan fingerprint density at radius 2 is 1.88 bits per heavy atom. The van der Waals surface area contributed by atoms with Crippen LogP contribution in [0.3, 0.4) is 0 Å². The summed E-state index contributed by atoms with van der Waals surface area (Å²) in [6.07, 6.45) is 0. The van der Waals surface area contributed by atoms with Crippen LogP contribution in [0.1, 0.15) is 0 Å². The third-order valence-electron chi connectivity index (χ3n) is 1.60. The molecule has 0 saturated carbocycles. The van der Waals surface area contributed by atoms with Crippen LogP contribution in [0.5, 0.6) is 11.5 Å². The third-order valence-corrected chi connectivity index (χ3v) is 2.32. The fourth-order valence-corrected chi connectivity index (χ4v) is 1.63. The molecule has 0 radical (unpaired) electrons. The van der Waals surface area contributed by atoms with Gasteiger partial charge < -0.3 is 19.4 Å². The lowest BCUT2D eigenvalue weighted by Gasteiger charge is -2.12. The molecule has 9 heteroatoms.